The van der Waals surface area contributed by atoms with Crippen LogP contribution in [0.2, 0.25) is 0 Å². The second-order valence-electron chi connectivity index (χ2n) is 5.70. The molecule has 0 aromatic heterocycles. The van der Waals surface area contributed by atoms with Crippen LogP contribution in [-0.4, -0.2) is 61.3 Å². The van der Waals surface area contributed by atoms with E-state index in [0.29, 0.717) is 19.7 Å². The third-order valence-corrected chi connectivity index (χ3v) is 4.97. The first-order valence-electron chi connectivity index (χ1n) is 7.82. The van der Waals surface area contributed by atoms with Gasteiger partial charge in [-0.05, 0) is 31.2 Å². The molecule has 2 heterocycles. The van der Waals surface area contributed by atoms with Crippen LogP contribution in [0.15, 0.2) is 24.3 Å². The minimum Gasteiger partial charge on any atom is -0.375 e. The molecular weight excluding hydrogens is 298 g/mol. The largest absolute Gasteiger partial charge is 0.375 e. The lowest BCUT2D eigenvalue weighted by molar-refractivity contribution is -0.00138. The van der Waals surface area contributed by atoms with Gasteiger partial charge in [-0.25, -0.2) is 4.79 Å². The maximum absolute atomic E-state index is 12.2. The van der Waals surface area contributed by atoms with Crippen molar-refractivity contribution in [3.63, 3.8) is 0 Å². The molecule has 1 N–H and O–H groups in total. The number of nitrogens with one attached hydrogen (secondary N) is 1. The number of benzene rings is 1. The number of urea groups is 1. The van der Waals surface area contributed by atoms with Crippen LogP contribution >= 0.6 is 11.8 Å². The van der Waals surface area contributed by atoms with Crippen LogP contribution in [0, 0.1) is 0 Å². The molecule has 0 aliphatic carbocycles. The van der Waals surface area contributed by atoms with E-state index in [4.69, 9.17) is 4.74 Å². The van der Waals surface area contributed by atoms with E-state index in [0.717, 1.165) is 18.8 Å². The van der Waals surface area contributed by atoms with E-state index in [1.807, 2.05) is 35.7 Å². The van der Waals surface area contributed by atoms with Gasteiger partial charge in [-0.2, -0.15) is 11.8 Å². The van der Waals surface area contributed by atoms with E-state index in [2.05, 4.69) is 22.3 Å². The zero-order valence-corrected chi connectivity index (χ0v) is 13.8. The van der Waals surface area contributed by atoms with Crippen LogP contribution in [0.4, 0.5) is 16.2 Å². The number of morpholine rings is 1. The van der Waals surface area contributed by atoms with Crippen molar-refractivity contribution in [1.82, 2.24) is 4.90 Å². The first-order chi connectivity index (χ1) is 10.7. The fraction of sp³-hybridized carbons (Fsp3) is 0.562. The maximum Gasteiger partial charge on any atom is 0.322 e. The van der Waals surface area contributed by atoms with Gasteiger partial charge in [0, 0.05) is 49.1 Å². The zero-order valence-electron chi connectivity index (χ0n) is 13.0. The Labute approximate surface area is 136 Å². The zero-order chi connectivity index (χ0) is 15.4. The lowest BCUT2D eigenvalue weighted by Gasteiger charge is -2.31. The molecule has 1 aromatic carbocycles. The van der Waals surface area contributed by atoms with Crippen LogP contribution in [0.25, 0.3) is 0 Å². The van der Waals surface area contributed by atoms with Crippen molar-refractivity contribution in [2.75, 3.05) is 54.5 Å². The molecule has 0 unspecified atom stereocenters. The van der Waals surface area contributed by atoms with Gasteiger partial charge in [0.05, 0.1) is 12.7 Å². The van der Waals surface area contributed by atoms with Gasteiger partial charge in [0.15, 0.2) is 0 Å². The van der Waals surface area contributed by atoms with Crippen molar-refractivity contribution in [3.05, 3.63) is 24.3 Å². The standard InChI is InChI=1S/C16H23N3O2S/c1-13-12-19(6-9-21-13)16(20)17-14-2-4-15(5-3-14)18-7-10-22-11-8-18/h2-5,13H,6-12H2,1H3,(H,17,20)/t13-/m1/s1. The molecule has 2 fully saturated rings. The number of amides is 2. The van der Waals surface area contributed by atoms with E-state index < -0.39 is 0 Å². The molecule has 2 aliphatic heterocycles. The highest BCUT2D eigenvalue weighted by Crippen LogP contribution is 2.21. The molecule has 0 bridgehead atoms. The molecule has 2 aliphatic rings. The Kier molecular flexibility index (Phi) is 5.10. The lowest BCUT2D eigenvalue weighted by atomic mass is 10.2. The number of carbonyl (C=O) groups excluding carboxylic acids is 1. The number of rotatable bonds is 2. The number of anilines is 2. The molecule has 2 saturated heterocycles. The topological polar surface area (TPSA) is 44.8 Å². The molecule has 5 nitrogen and oxygen atoms in total. The van der Waals surface area contributed by atoms with Crippen LogP contribution in [-0.2, 0) is 4.74 Å². The Bertz CT molecular complexity index is 503. The van der Waals surface area contributed by atoms with Crippen LogP contribution in [0.1, 0.15) is 6.92 Å². The normalized spacial score (nSPS) is 22.5. The summed E-state index contributed by atoms with van der Waals surface area (Å²) in [6.45, 7) is 6.10. The van der Waals surface area contributed by atoms with E-state index in [-0.39, 0.29) is 12.1 Å². The number of ether oxygens (including phenoxy) is 1. The Morgan fingerprint density at radius 1 is 1.23 bits per heavy atom. The molecule has 1 aromatic rings. The highest BCUT2D eigenvalue weighted by Gasteiger charge is 2.21. The molecule has 3 rings (SSSR count). The van der Waals surface area contributed by atoms with E-state index in [9.17, 15) is 4.79 Å². The average molecular weight is 321 g/mol. The second-order valence-corrected chi connectivity index (χ2v) is 6.93. The third kappa shape index (κ3) is 3.87. The summed E-state index contributed by atoms with van der Waals surface area (Å²) in [7, 11) is 0. The van der Waals surface area contributed by atoms with Gasteiger partial charge < -0.3 is 19.9 Å². The molecule has 0 saturated carbocycles. The molecule has 0 spiro atoms. The number of nitrogens with zero attached hydrogens (tertiary/aromatic N) is 2. The first-order valence-corrected chi connectivity index (χ1v) is 8.98. The number of thioether (sulfide) groups is 1. The molecular formula is C16H23N3O2S. The predicted molar refractivity (Wildman–Crippen MR) is 92.0 cm³/mol. The SMILES string of the molecule is C[C@@H]1CN(C(=O)Nc2ccc(N3CCSCC3)cc2)CCO1. The number of hydrogen-bond donors (Lipinski definition) is 1. The van der Waals surface area contributed by atoms with Gasteiger partial charge in [0.1, 0.15) is 0 Å². The van der Waals surface area contributed by atoms with E-state index in [1.54, 1.807) is 0 Å². The minimum atomic E-state index is -0.0442. The van der Waals surface area contributed by atoms with Crippen LogP contribution < -0.4 is 10.2 Å². The summed E-state index contributed by atoms with van der Waals surface area (Å²) >= 11 is 2.01. The van der Waals surface area contributed by atoms with Gasteiger partial charge in [-0.3, -0.25) is 0 Å². The summed E-state index contributed by atoms with van der Waals surface area (Å²) in [5.41, 5.74) is 2.08. The van der Waals surface area contributed by atoms with Gasteiger partial charge in [-0.1, -0.05) is 0 Å². The first kappa shape index (κ1) is 15.5. The van der Waals surface area contributed by atoms with Gasteiger partial charge in [0.25, 0.3) is 0 Å². The summed E-state index contributed by atoms with van der Waals surface area (Å²) < 4.78 is 5.46. The third-order valence-electron chi connectivity index (χ3n) is 4.02. The average Bonchev–Trinajstić information content (AvgIpc) is 2.56. The van der Waals surface area contributed by atoms with Crippen LogP contribution in [0.5, 0.6) is 0 Å². The highest BCUT2D eigenvalue weighted by molar-refractivity contribution is 7.99. The Morgan fingerprint density at radius 3 is 2.64 bits per heavy atom. The molecule has 6 heteroatoms. The maximum atomic E-state index is 12.2. The smallest absolute Gasteiger partial charge is 0.322 e. The van der Waals surface area contributed by atoms with E-state index in [1.165, 1.54) is 17.2 Å². The summed E-state index contributed by atoms with van der Waals surface area (Å²) in [5, 5.41) is 2.97. The molecule has 0 radical (unpaired) electrons. The van der Waals surface area contributed by atoms with E-state index >= 15 is 0 Å². The number of carbonyl (C=O) groups is 1. The molecule has 22 heavy (non-hydrogen) atoms. The Balaban J connectivity index is 1.57. The highest BCUT2D eigenvalue weighted by atomic mass is 32.2. The van der Waals surface area contributed by atoms with Crippen molar-refractivity contribution in [1.29, 1.82) is 0 Å². The van der Waals surface area contributed by atoms with Crippen molar-refractivity contribution < 1.29 is 9.53 Å². The van der Waals surface area contributed by atoms with Crippen molar-refractivity contribution in [2.24, 2.45) is 0 Å². The summed E-state index contributed by atoms with van der Waals surface area (Å²) in [5.74, 6) is 2.38. The fourth-order valence-electron chi connectivity index (χ4n) is 2.78. The van der Waals surface area contributed by atoms with Crippen molar-refractivity contribution in [3.8, 4) is 0 Å². The second kappa shape index (κ2) is 7.24. The van der Waals surface area contributed by atoms with Crippen molar-refractivity contribution >= 4 is 29.2 Å². The predicted octanol–water partition coefficient (Wildman–Crippen LogP) is 2.49. The van der Waals surface area contributed by atoms with Gasteiger partial charge >= 0.3 is 6.03 Å². The number of hydrogen-bond acceptors (Lipinski definition) is 4. The Morgan fingerprint density at radius 2 is 1.95 bits per heavy atom. The monoisotopic (exact) mass is 321 g/mol. The molecule has 120 valence electrons. The lowest BCUT2D eigenvalue weighted by Crippen LogP contribution is -2.46. The summed E-state index contributed by atoms with van der Waals surface area (Å²) in [4.78, 5) is 16.4. The minimum absolute atomic E-state index is 0.0442. The van der Waals surface area contributed by atoms with Crippen molar-refractivity contribution in [2.45, 2.75) is 13.0 Å². The van der Waals surface area contributed by atoms with Crippen LogP contribution in [0.3, 0.4) is 0 Å². The molecule has 2 amide bonds. The fourth-order valence-corrected chi connectivity index (χ4v) is 3.69. The molecule has 1 atom stereocenters. The summed E-state index contributed by atoms with van der Waals surface area (Å²) in [6.07, 6.45) is 0.110. The summed E-state index contributed by atoms with van der Waals surface area (Å²) in [6, 6.07) is 8.11. The van der Waals surface area contributed by atoms with Gasteiger partial charge in [0.2, 0.25) is 0 Å². The Hall–Kier alpha value is -1.40. The quantitative estimate of drug-likeness (QED) is 0.909. The van der Waals surface area contributed by atoms with Gasteiger partial charge in [-0.15, -0.1) is 0 Å².